The van der Waals surface area contributed by atoms with Crippen molar-refractivity contribution >= 4 is 35.0 Å². The average Bonchev–Trinajstić information content (AvgIpc) is 2.84. The summed E-state index contributed by atoms with van der Waals surface area (Å²) in [7, 11) is 2.94. The number of esters is 1. The van der Waals surface area contributed by atoms with Gasteiger partial charge in [-0.2, -0.15) is 0 Å². The number of carbonyl (C=O) groups excluding carboxylic acids is 6. The summed E-state index contributed by atoms with van der Waals surface area (Å²) >= 11 is 0. The molecule has 210 valence electrons. The SMILES string of the molecule is CCCCC[C@H]1c2cccc(O)c2C(=O)C2C(=O)[C@]3(O)C(=O)C(C(N)=O)C(=O)C(N(C)C)[C@@H]3[C@@H](OC(C)=O)[C@@H]21. The molecule has 4 N–H and O–H groups in total. The number of hydrogen-bond acceptors (Lipinski definition) is 10. The lowest BCUT2D eigenvalue weighted by molar-refractivity contribution is -0.205. The van der Waals surface area contributed by atoms with E-state index in [0.717, 1.165) is 19.8 Å². The molecular weight excluding hydrogens is 508 g/mol. The maximum Gasteiger partial charge on any atom is 0.302 e. The van der Waals surface area contributed by atoms with Gasteiger partial charge >= 0.3 is 5.97 Å². The van der Waals surface area contributed by atoms with E-state index in [1.807, 2.05) is 6.92 Å². The lowest BCUT2D eigenvalue weighted by atomic mass is 9.49. The van der Waals surface area contributed by atoms with Crippen molar-refractivity contribution in [2.45, 2.75) is 63.2 Å². The Morgan fingerprint density at radius 2 is 1.77 bits per heavy atom. The largest absolute Gasteiger partial charge is 0.507 e. The molecule has 0 spiro atoms. The number of likely N-dealkylation sites (N-methyl/N-ethyl adjacent to an activating group) is 1. The van der Waals surface area contributed by atoms with Gasteiger partial charge in [0.1, 0.15) is 11.9 Å². The number of primary amides is 1. The molecule has 0 heterocycles. The molecule has 0 bridgehead atoms. The van der Waals surface area contributed by atoms with E-state index >= 15 is 0 Å². The van der Waals surface area contributed by atoms with Crippen molar-refractivity contribution in [1.82, 2.24) is 4.90 Å². The highest BCUT2D eigenvalue weighted by atomic mass is 16.5. The second-order valence-electron chi connectivity index (χ2n) is 11.0. The van der Waals surface area contributed by atoms with Crippen LogP contribution in [0.3, 0.4) is 0 Å². The molecule has 11 nitrogen and oxygen atoms in total. The van der Waals surface area contributed by atoms with Crippen LogP contribution in [0.4, 0.5) is 0 Å². The van der Waals surface area contributed by atoms with Gasteiger partial charge in [-0.3, -0.25) is 33.7 Å². The van der Waals surface area contributed by atoms with Gasteiger partial charge in [-0.15, -0.1) is 0 Å². The number of rotatable bonds is 7. The van der Waals surface area contributed by atoms with Crippen LogP contribution in [0.1, 0.15) is 61.4 Å². The third kappa shape index (κ3) is 4.19. The Morgan fingerprint density at radius 1 is 1.10 bits per heavy atom. The van der Waals surface area contributed by atoms with Crippen LogP contribution in [0.15, 0.2) is 18.2 Å². The number of carbonyl (C=O) groups is 6. The van der Waals surface area contributed by atoms with E-state index in [1.165, 1.54) is 25.1 Å². The van der Waals surface area contributed by atoms with Crippen LogP contribution in [0.2, 0.25) is 0 Å². The number of ketones is 4. The molecule has 0 aromatic heterocycles. The van der Waals surface area contributed by atoms with Crippen molar-refractivity contribution in [3.05, 3.63) is 29.3 Å². The van der Waals surface area contributed by atoms with E-state index in [4.69, 9.17) is 10.5 Å². The molecule has 4 rings (SSSR count). The van der Waals surface area contributed by atoms with Crippen molar-refractivity contribution in [2.75, 3.05) is 14.1 Å². The molecular formula is C28H34N2O9. The summed E-state index contributed by atoms with van der Waals surface area (Å²) < 4.78 is 5.73. The van der Waals surface area contributed by atoms with Crippen LogP contribution < -0.4 is 5.73 Å². The number of nitrogens with zero attached hydrogens (tertiary/aromatic N) is 1. The monoisotopic (exact) mass is 542 g/mol. The van der Waals surface area contributed by atoms with E-state index in [2.05, 4.69) is 0 Å². The summed E-state index contributed by atoms with van der Waals surface area (Å²) in [5.74, 6) is -13.8. The highest BCUT2D eigenvalue weighted by Crippen LogP contribution is 2.56. The van der Waals surface area contributed by atoms with Crippen molar-refractivity contribution < 1.29 is 43.7 Å². The first-order valence-corrected chi connectivity index (χ1v) is 13.1. The maximum absolute atomic E-state index is 14.2. The number of Topliss-reactive ketones (excluding diaryl/α,β-unsaturated/α-hetero) is 4. The second kappa shape index (κ2) is 10.3. The van der Waals surface area contributed by atoms with E-state index in [0.29, 0.717) is 18.4 Å². The van der Waals surface area contributed by atoms with Gasteiger partial charge in [-0.1, -0.05) is 38.3 Å². The molecule has 1 aromatic rings. The molecule has 1 amide bonds. The molecule has 0 aliphatic heterocycles. The zero-order valence-electron chi connectivity index (χ0n) is 22.4. The smallest absolute Gasteiger partial charge is 0.302 e. The number of unbranched alkanes of at least 4 members (excludes halogenated alkanes) is 2. The summed E-state index contributed by atoms with van der Waals surface area (Å²) in [6.45, 7) is 3.12. The predicted octanol–water partition coefficient (Wildman–Crippen LogP) is 0.530. The van der Waals surface area contributed by atoms with Gasteiger partial charge in [0.05, 0.1) is 23.4 Å². The zero-order valence-corrected chi connectivity index (χ0v) is 22.4. The Labute approximate surface area is 225 Å². The van der Waals surface area contributed by atoms with Crippen LogP contribution in [-0.4, -0.2) is 82.0 Å². The third-order valence-corrected chi connectivity index (χ3v) is 8.54. The molecule has 2 fully saturated rings. The Balaban J connectivity index is 2.02. The Kier molecular flexibility index (Phi) is 7.52. The fraction of sp³-hybridized carbons (Fsp3) is 0.571. The average molecular weight is 543 g/mol. The molecule has 2 saturated carbocycles. The van der Waals surface area contributed by atoms with Crippen LogP contribution in [0.5, 0.6) is 5.75 Å². The number of fused-ring (bicyclic) bond motifs is 3. The van der Waals surface area contributed by atoms with E-state index < -0.39 is 82.3 Å². The number of benzene rings is 1. The zero-order chi connectivity index (χ0) is 29.0. The minimum Gasteiger partial charge on any atom is -0.507 e. The molecule has 0 saturated heterocycles. The van der Waals surface area contributed by atoms with Crippen LogP contribution in [-0.2, 0) is 28.7 Å². The summed E-state index contributed by atoms with van der Waals surface area (Å²) in [5.41, 5.74) is 2.74. The van der Waals surface area contributed by atoms with Gasteiger partial charge in [0.2, 0.25) is 5.91 Å². The number of hydrogen-bond donors (Lipinski definition) is 3. The third-order valence-electron chi connectivity index (χ3n) is 8.54. The Bertz CT molecular complexity index is 1260. The lowest BCUT2D eigenvalue weighted by Crippen LogP contribution is -2.78. The van der Waals surface area contributed by atoms with Crippen molar-refractivity contribution in [3.8, 4) is 5.75 Å². The standard InChI is InChI=1S/C28H34N2O9/c1-5-6-7-9-14-13-10-8-11-15(32)16(13)22(33)18-17(14)24(39-12(2)31)20-21(30(3)4)23(34)19(27(29)37)26(36)28(20,38)25(18)35/h8,10-11,14,17-21,24,32,38H,5-7,9H2,1-4H3,(H2,29,37)/t14-,17+,18?,19?,20+,21?,24-,28-/m0/s1. The normalized spacial score (nSPS) is 33.8. The number of aromatic hydroxyl groups is 1. The maximum atomic E-state index is 14.2. The first kappa shape index (κ1) is 28.6. The van der Waals surface area contributed by atoms with Gasteiger partial charge in [0, 0.05) is 12.8 Å². The second-order valence-corrected chi connectivity index (χ2v) is 11.0. The van der Waals surface area contributed by atoms with Gasteiger partial charge < -0.3 is 20.7 Å². The van der Waals surface area contributed by atoms with Gasteiger partial charge in [-0.25, -0.2) is 0 Å². The van der Waals surface area contributed by atoms with Gasteiger partial charge in [-0.05, 0) is 38.1 Å². The topological polar surface area (TPSA) is 181 Å². The quantitative estimate of drug-likeness (QED) is 0.250. The minimum absolute atomic E-state index is 0.0906. The van der Waals surface area contributed by atoms with Crippen LogP contribution in [0, 0.1) is 23.7 Å². The fourth-order valence-electron chi connectivity index (χ4n) is 7.04. The Morgan fingerprint density at radius 3 is 2.33 bits per heavy atom. The number of aliphatic hydroxyl groups is 1. The molecule has 3 unspecified atom stereocenters. The Hall–Kier alpha value is -3.44. The lowest BCUT2D eigenvalue weighted by Gasteiger charge is -2.57. The highest BCUT2D eigenvalue weighted by Gasteiger charge is 2.74. The number of amides is 1. The summed E-state index contributed by atoms with van der Waals surface area (Å²) in [5, 5.41) is 22.6. The summed E-state index contributed by atoms with van der Waals surface area (Å²) in [6, 6.07) is 3.14. The van der Waals surface area contributed by atoms with E-state index in [1.54, 1.807) is 12.1 Å². The molecule has 3 aliphatic carbocycles. The summed E-state index contributed by atoms with van der Waals surface area (Å²) in [6.07, 6.45) is 1.42. The van der Waals surface area contributed by atoms with E-state index in [-0.39, 0.29) is 11.3 Å². The first-order valence-electron chi connectivity index (χ1n) is 13.1. The fourth-order valence-corrected chi connectivity index (χ4v) is 7.04. The van der Waals surface area contributed by atoms with Crippen LogP contribution in [0.25, 0.3) is 0 Å². The minimum atomic E-state index is -3.02. The van der Waals surface area contributed by atoms with Gasteiger partial charge in [0.15, 0.2) is 34.7 Å². The van der Waals surface area contributed by atoms with Crippen molar-refractivity contribution in [2.24, 2.45) is 29.4 Å². The molecule has 11 heteroatoms. The first-order chi connectivity index (χ1) is 18.3. The predicted molar refractivity (Wildman–Crippen MR) is 135 cm³/mol. The highest BCUT2D eigenvalue weighted by molar-refractivity contribution is 6.32. The van der Waals surface area contributed by atoms with Gasteiger partial charge in [0.25, 0.3) is 0 Å². The molecule has 1 aromatic carbocycles. The summed E-state index contributed by atoms with van der Waals surface area (Å²) in [4.78, 5) is 81.2. The number of phenols is 1. The molecule has 3 aliphatic rings. The molecule has 39 heavy (non-hydrogen) atoms. The number of phenolic OH excluding ortho intramolecular Hbond substituents is 1. The van der Waals surface area contributed by atoms with Crippen molar-refractivity contribution in [3.63, 3.8) is 0 Å². The van der Waals surface area contributed by atoms with Crippen LogP contribution >= 0.6 is 0 Å². The number of nitrogens with two attached hydrogens (primary N) is 1. The van der Waals surface area contributed by atoms with E-state index in [9.17, 15) is 39.0 Å². The molecule has 8 atom stereocenters. The molecule has 0 radical (unpaired) electrons. The van der Waals surface area contributed by atoms with Crippen molar-refractivity contribution in [1.29, 1.82) is 0 Å². The number of ether oxygens (including phenoxy) is 1.